The van der Waals surface area contributed by atoms with E-state index in [0.717, 1.165) is 21.9 Å². The molecule has 1 N–H and O–H groups in total. The Bertz CT molecular complexity index is 832. The summed E-state index contributed by atoms with van der Waals surface area (Å²) in [4.78, 5) is 18.3. The molecule has 0 fully saturated rings. The van der Waals surface area contributed by atoms with E-state index in [0.29, 0.717) is 11.3 Å². The van der Waals surface area contributed by atoms with Crippen LogP contribution in [-0.4, -0.2) is 22.0 Å². The van der Waals surface area contributed by atoms with E-state index >= 15 is 0 Å². The van der Waals surface area contributed by atoms with Crippen LogP contribution in [0.4, 0.5) is 5.69 Å². The van der Waals surface area contributed by atoms with Crippen molar-refractivity contribution in [3.8, 4) is 5.75 Å². The summed E-state index contributed by atoms with van der Waals surface area (Å²) in [6, 6.07) is 12.3. The zero-order valence-electron chi connectivity index (χ0n) is 11.8. The summed E-state index contributed by atoms with van der Waals surface area (Å²) in [5.41, 5.74) is 2.53. The van der Waals surface area contributed by atoms with Crippen molar-refractivity contribution < 1.29 is 9.66 Å². The van der Waals surface area contributed by atoms with Gasteiger partial charge in [0.15, 0.2) is 5.16 Å². The van der Waals surface area contributed by atoms with Gasteiger partial charge in [-0.05, 0) is 12.1 Å². The third-order valence-electron chi connectivity index (χ3n) is 3.22. The molecule has 1 heterocycles. The van der Waals surface area contributed by atoms with Crippen LogP contribution in [0.15, 0.2) is 47.6 Å². The third-order valence-corrected chi connectivity index (χ3v) is 4.14. The molecular weight excluding hydrogens is 302 g/mol. The summed E-state index contributed by atoms with van der Waals surface area (Å²) in [7, 11) is 1.61. The predicted octanol–water partition coefficient (Wildman–Crippen LogP) is 3.77. The highest BCUT2D eigenvalue weighted by Crippen LogP contribution is 2.28. The van der Waals surface area contributed by atoms with E-state index in [4.69, 9.17) is 4.74 Å². The molecule has 0 saturated carbocycles. The van der Waals surface area contributed by atoms with Gasteiger partial charge >= 0.3 is 0 Å². The molecule has 22 heavy (non-hydrogen) atoms. The number of rotatable bonds is 5. The summed E-state index contributed by atoms with van der Waals surface area (Å²) in [6.45, 7) is 0. The van der Waals surface area contributed by atoms with Gasteiger partial charge in [-0.1, -0.05) is 30.0 Å². The fourth-order valence-corrected chi connectivity index (χ4v) is 3.00. The van der Waals surface area contributed by atoms with Crippen molar-refractivity contribution in [3.05, 3.63) is 58.1 Å². The molecule has 3 aromatic rings. The SMILES string of the molecule is COc1ccc2nc(SCc3ccccc3[N+](=O)[O-])[nH]c2c1. The summed E-state index contributed by atoms with van der Waals surface area (Å²) >= 11 is 1.43. The molecule has 7 heteroatoms. The summed E-state index contributed by atoms with van der Waals surface area (Å²) in [5, 5.41) is 11.7. The highest BCUT2D eigenvalue weighted by molar-refractivity contribution is 7.98. The second-order valence-electron chi connectivity index (χ2n) is 4.60. The summed E-state index contributed by atoms with van der Waals surface area (Å²) in [6.07, 6.45) is 0. The van der Waals surface area contributed by atoms with Gasteiger partial charge in [0.05, 0.1) is 23.1 Å². The molecular formula is C15H13N3O3S. The second-order valence-corrected chi connectivity index (χ2v) is 5.56. The number of ether oxygens (including phenoxy) is 1. The number of fused-ring (bicyclic) bond motifs is 1. The number of imidazole rings is 1. The molecule has 0 aliphatic heterocycles. The predicted molar refractivity (Wildman–Crippen MR) is 85.3 cm³/mol. The first-order valence-corrected chi connectivity index (χ1v) is 7.55. The molecule has 2 aromatic carbocycles. The number of para-hydroxylation sites is 1. The standard InChI is InChI=1S/C15H13N3O3S/c1-21-11-6-7-12-13(8-11)17-15(16-12)22-9-10-4-2-3-5-14(10)18(19)20/h2-8H,9H2,1H3,(H,16,17). The Morgan fingerprint density at radius 3 is 2.91 bits per heavy atom. The largest absolute Gasteiger partial charge is 0.497 e. The maximum absolute atomic E-state index is 11.0. The lowest BCUT2D eigenvalue weighted by Crippen LogP contribution is -1.93. The molecule has 1 aromatic heterocycles. The number of methoxy groups -OCH3 is 1. The van der Waals surface area contributed by atoms with E-state index in [2.05, 4.69) is 9.97 Å². The van der Waals surface area contributed by atoms with Crippen molar-refractivity contribution in [1.29, 1.82) is 0 Å². The number of H-pyrrole nitrogens is 1. The Kier molecular flexibility index (Phi) is 3.97. The smallest absolute Gasteiger partial charge is 0.273 e. The van der Waals surface area contributed by atoms with E-state index < -0.39 is 0 Å². The zero-order valence-corrected chi connectivity index (χ0v) is 12.6. The number of hydrogen-bond donors (Lipinski definition) is 1. The third kappa shape index (κ3) is 2.89. The number of thioether (sulfide) groups is 1. The average Bonchev–Trinajstić information content (AvgIpc) is 2.94. The number of nitro benzene ring substituents is 1. The summed E-state index contributed by atoms with van der Waals surface area (Å²) in [5.74, 6) is 1.24. The number of aromatic nitrogens is 2. The minimum absolute atomic E-state index is 0.132. The maximum atomic E-state index is 11.0. The highest BCUT2D eigenvalue weighted by atomic mass is 32.2. The fraction of sp³-hybridized carbons (Fsp3) is 0.133. The molecule has 0 radical (unpaired) electrons. The molecule has 0 aliphatic rings. The van der Waals surface area contributed by atoms with E-state index in [1.54, 1.807) is 25.3 Å². The molecule has 6 nitrogen and oxygen atoms in total. The van der Waals surface area contributed by atoms with Gasteiger partial charge in [-0.2, -0.15) is 0 Å². The first kappa shape index (κ1) is 14.4. The Morgan fingerprint density at radius 1 is 1.32 bits per heavy atom. The quantitative estimate of drug-likeness (QED) is 0.440. The van der Waals surface area contributed by atoms with Crippen molar-refractivity contribution in [2.75, 3.05) is 7.11 Å². The van der Waals surface area contributed by atoms with Crippen molar-refractivity contribution in [2.24, 2.45) is 0 Å². The lowest BCUT2D eigenvalue weighted by Gasteiger charge is -2.00. The van der Waals surface area contributed by atoms with Crippen LogP contribution in [0, 0.1) is 10.1 Å². The minimum atomic E-state index is -0.362. The maximum Gasteiger partial charge on any atom is 0.273 e. The van der Waals surface area contributed by atoms with Crippen molar-refractivity contribution in [3.63, 3.8) is 0 Å². The molecule has 3 rings (SSSR count). The Morgan fingerprint density at radius 2 is 2.14 bits per heavy atom. The van der Waals surface area contributed by atoms with Gasteiger partial charge in [-0.15, -0.1) is 0 Å². The van der Waals surface area contributed by atoms with Crippen LogP contribution in [0.3, 0.4) is 0 Å². The van der Waals surface area contributed by atoms with E-state index in [1.165, 1.54) is 17.8 Å². The van der Waals surface area contributed by atoms with Crippen LogP contribution >= 0.6 is 11.8 Å². The van der Waals surface area contributed by atoms with Gasteiger partial charge < -0.3 is 9.72 Å². The van der Waals surface area contributed by atoms with Crippen molar-refractivity contribution in [2.45, 2.75) is 10.9 Å². The number of nitrogens with zero attached hydrogens (tertiary/aromatic N) is 2. The monoisotopic (exact) mass is 315 g/mol. The van der Waals surface area contributed by atoms with Gasteiger partial charge in [0.25, 0.3) is 5.69 Å². The molecule has 0 atom stereocenters. The number of benzene rings is 2. The minimum Gasteiger partial charge on any atom is -0.497 e. The van der Waals surface area contributed by atoms with Crippen molar-refractivity contribution in [1.82, 2.24) is 9.97 Å². The van der Waals surface area contributed by atoms with Crippen LogP contribution in [0.2, 0.25) is 0 Å². The number of hydrogen-bond acceptors (Lipinski definition) is 5. The number of aromatic amines is 1. The van der Waals surface area contributed by atoms with Gasteiger partial charge in [0.1, 0.15) is 5.75 Å². The van der Waals surface area contributed by atoms with Crippen LogP contribution in [0.25, 0.3) is 11.0 Å². The number of nitrogens with one attached hydrogen (secondary N) is 1. The van der Waals surface area contributed by atoms with Gasteiger partial charge in [0, 0.05) is 23.4 Å². The van der Waals surface area contributed by atoms with Crippen LogP contribution < -0.4 is 4.74 Å². The first-order valence-electron chi connectivity index (χ1n) is 6.56. The van der Waals surface area contributed by atoms with E-state index in [9.17, 15) is 10.1 Å². The molecule has 0 saturated heterocycles. The number of nitro groups is 1. The van der Waals surface area contributed by atoms with Crippen LogP contribution in [0.1, 0.15) is 5.56 Å². The zero-order chi connectivity index (χ0) is 15.5. The van der Waals surface area contributed by atoms with Crippen LogP contribution in [-0.2, 0) is 5.75 Å². The molecule has 0 amide bonds. The second kappa shape index (κ2) is 6.07. The lowest BCUT2D eigenvalue weighted by atomic mass is 10.2. The lowest BCUT2D eigenvalue weighted by molar-refractivity contribution is -0.385. The van der Waals surface area contributed by atoms with Gasteiger partial charge in [-0.25, -0.2) is 4.98 Å². The average molecular weight is 315 g/mol. The normalized spacial score (nSPS) is 10.8. The molecule has 0 spiro atoms. The van der Waals surface area contributed by atoms with Gasteiger partial charge in [0.2, 0.25) is 0 Å². The van der Waals surface area contributed by atoms with Gasteiger partial charge in [-0.3, -0.25) is 10.1 Å². The Labute approximate surface area is 130 Å². The molecule has 0 aliphatic carbocycles. The van der Waals surface area contributed by atoms with Crippen LogP contribution in [0.5, 0.6) is 5.75 Å². The van der Waals surface area contributed by atoms with E-state index in [1.807, 2.05) is 18.2 Å². The topological polar surface area (TPSA) is 81.1 Å². The molecule has 0 bridgehead atoms. The molecule has 0 unspecified atom stereocenters. The fourth-order valence-electron chi connectivity index (χ4n) is 2.12. The summed E-state index contributed by atoms with van der Waals surface area (Å²) < 4.78 is 5.17. The molecule has 112 valence electrons. The highest BCUT2D eigenvalue weighted by Gasteiger charge is 2.13. The Hall–Kier alpha value is -2.54. The first-order chi connectivity index (χ1) is 10.7. The van der Waals surface area contributed by atoms with Crippen molar-refractivity contribution >= 4 is 28.5 Å². The Balaban J connectivity index is 1.81. The van der Waals surface area contributed by atoms with E-state index in [-0.39, 0.29) is 10.6 Å².